The van der Waals surface area contributed by atoms with Crippen LogP contribution in [0.4, 0.5) is 13.2 Å². The second-order valence-electron chi connectivity index (χ2n) is 14.8. The molecule has 53 heavy (non-hydrogen) atoms. The minimum absolute atomic E-state index is 0.0623. The molecule has 0 aliphatic carbocycles. The lowest BCUT2D eigenvalue weighted by Crippen LogP contribution is -2.08. The van der Waals surface area contributed by atoms with Crippen LogP contribution in [-0.2, 0) is 6.18 Å². The maximum atomic E-state index is 15.4. The van der Waals surface area contributed by atoms with Crippen molar-refractivity contribution in [3.63, 3.8) is 0 Å². The molecule has 2 aromatic heterocycles. The van der Waals surface area contributed by atoms with E-state index in [9.17, 15) is 0 Å². The van der Waals surface area contributed by atoms with Gasteiger partial charge in [0.1, 0.15) is 28.2 Å². The van der Waals surface area contributed by atoms with Gasteiger partial charge in [-0.2, -0.15) is 13.2 Å². The number of hydrogen-bond donors (Lipinski definition) is 0. The Labute approximate surface area is 305 Å². The Hall–Kier alpha value is -5.81. The summed E-state index contributed by atoms with van der Waals surface area (Å²) in [4.78, 5) is 0. The van der Waals surface area contributed by atoms with E-state index in [2.05, 4.69) is 56.3 Å². The van der Waals surface area contributed by atoms with Crippen LogP contribution in [0, 0.1) is 6.92 Å². The van der Waals surface area contributed by atoms with E-state index >= 15 is 13.2 Å². The zero-order valence-corrected chi connectivity index (χ0v) is 30.2. The van der Waals surface area contributed by atoms with Crippen LogP contribution in [0.2, 0.25) is 0 Å². The molecule has 0 aliphatic rings. The molecular weight excluding hydrogens is 666 g/mol. The van der Waals surface area contributed by atoms with Gasteiger partial charge < -0.3 is 8.83 Å². The summed E-state index contributed by atoms with van der Waals surface area (Å²) in [5, 5.41) is 6.52. The Kier molecular flexibility index (Phi) is 7.56. The molecule has 0 fully saturated rings. The molecule has 0 spiro atoms. The Morgan fingerprint density at radius 2 is 1.00 bits per heavy atom. The van der Waals surface area contributed by atoms with Crippen molar-refractivity contribution >= 4 is 54.3 Å². The van der Waals surface area contributed by atoms with E-state index in [1.807, 2.05) is 85.8 Å². The molecule has 0 atom stereocenters. The summed E-state index contributed by atoms with van der Waals surface area (Å²) in [5.74, 6) is 0.330. The van der Waals surface area contributed by atoms with Crippen molar-refractivity contribution in [3.05, 3.63) is 144 Å². The van der Waals surface area contributed by atoms with Gasteiger partial charge in [-0.15, -0.1) is 0 Å². The largest absolute Gasteiger partial charge is 0.460 e. The summed E-state index contributed by atoms with van der Waals surface area (Å²) in [6, 6.07) is 40.7. The van der Waals surface area contributed by atoms with Crippen LogP contribution in [0.1, 0.15) is 62.2 Å². The van der Waals surface area contributed by atoms with E-state index in [0.29, 0.717) is 21.9 Å². The highest BCUT2D eigenvalue weighted by Gasteiger charge is 2.41. The highest BCUT2D eigenvalue weighted by atomic mass is 19.4. The summed E-state index contributed by atoms with van der Waals surface area (Å²) in [6.07, 6.45) is -4.65. The fourth-order valence-electron chi connectivity index (χ4n) is 8.26. The zero-order valence-electron chi connectivity index (χ0n) is 30.2. The monoisotopic (exact) mass is 702 g/mol. The number of alkyl halides is 3. The Balaban J connectivity index is 1.39. The number of halogens is 3. The van der Waals surface area contributed by atoms with E-state index < -0.39 is 17.7 Å². The first-order valence-corrected chi connectivity index (χ1v) is 18.1. The van der Waals surface area contributed by atoms with Gasteiger partial charge in [0.25, 0.3) is 0 Å². The van der Waals surface area contributed by atoms with E-state index in [1.165, 1.54) is 0 Å². The average molecular weight is 703 g/mol. The van der Waals surface area contributed by atoms with Crippen molar-refractivity contribution in [2.45, 2.75) is 52.6 Å². The molecule has 2 heterocycles. The average Bonchev–Trinajstić information content (AvgIpc) is 3.74. The van der Waals surface area contributed by atoms with Gasteiger partial charge in [0, 0.05) is 33.7 Å². The lowest BCUT2D eigenvalue weighted by molar-refractivity contribution is -0.137. The lowest BCUT2D eigenvalue weighted by Gasteiger charge is -2.14. The third-order valence-corrected chi connectivity index (χ3v) is 10.7. The first-order valence-electron chi connectivity index (χ1n) is 18.1. The first-order chi connectivity index (χ1) is 25.5. The normalized spacial score (nSPS) is 12.5. The van der Waals surface area contributed by atoms with Crippen LogP contribution in [0.3, 0.4) is 0 Å². The number of rotatable bonds is 5. The lowest BCUT2D eigenvalue weighted by atomic mass is 9.88. The van der Waals surface area contributed by atoms with E-state index in [0.717, 1.165) is 66.1 Å². The standard InChI is InChI=1S/C48H37F3O2/c1-26(2)44-28(5)41-39-24-37(32-20-18-31(19-21-32)36-16-10-14-30-12-8-9-15-35(30)36)47-42(43(48(49,50)51)45(53-47)27(3)4)40(39)25-38(46(41)52-44)34-22-17-29-11-6-7-13-33(29)23-34/h6-27H,1-5H3. The van der Waals surface area contributed by atoms with Gasteiger partial charge in [-0.1, -0.05) is 131 Å². The molecule has 9 rings (SSSR count). The van der Waals surface area contributed by atoms with Gasteiger partial charge in [-0.25, -0.2) is 0 Å². The van der Waals surface area contributed by atoms with Gasteiger partial charge >= 0.3 is 6.18 Å². The predicted octanol–water partition coefficient (Wildman–Crippen LogP) is 15.2. The van der Waals surface area contributed by atoms with Gasteiger partial charge in [0.15, 0.2) is 0 Å². The van der Waals surface area contributed by atoms with Crippen molar-refractivity contribution < 1.29 is 22.0 Å². The van der Waals surface area contributed by atoms with Gasteiger partial charge in [-0.05, 0) is 85.3 Å². The van der Waals surface area contributed by atoms with E-state index in [4.69, 9.17) is 8.83 Å². The SMILES string of the molecule is Cc1c(C(C)C)oc2c(-c3ccc4ccccc4c3)cc3c(cc(-c4ccc(-c5cccc6ccccc56)cc4)c4oc(C(C)C)c(C(F)(F)F)c43)c12. The summed E-state index contributed by atoms with van der Waals surface area (Å²) in [6.45, 7) is 9.68. The van der Waals surface area contributed by atoms with Crippen LogP contribution in [0.5, 0.6) is 0 Å². The molecule has 0 bridgehead atoms. The molecule has 0 unspecified atom stereocenters. The Morgan fingerprint density at radius 1 is 0.472 bits per heavy atom. The summed E-state index contributed by atoms with van der Waals surface area (Å²) < 4.78 is 59.4. The predicted molar refractivity (Wildman–Crippen MR) is 213 cm³/mol. The molecule has 262 valence electrons. The maximum absolute atomic E-state index is 15.4. The van der Waals surface area contributed by atoms with E-state index in [1.54, 1.807) is 13.8 Å². The van der Waals surface area contributed by atoms with Crippen molar-refractivity contribution in [2.75, 3.05) is 0 Å². The van der Waals surface area contributed by atoms with Gasteiger partial charge in [-0.3, -0.25) is 0 Å². The van der Waals surface area contributed by atoms with Gasteiger partial charge in [0.05, 0.1) is 0 Å². The molecule has 0 amide bonds. The quantitative estimate of drug-likeness (QED) is 0.178. The molecule has 0 N–H and O–H groups in total. The van der Waals surface area contributed by atoms with Crippen LogP contribution >= 0.6 is 0 Å². The van der Waals surface area contributed by atoms with Crippen molar-refractivity contribution in [1.82, 2.24) is 0 Å². The number of aryl methyl sites for hydroxylation is 1. The maximum Gasteiger partial charge on any atom is 0.420 e. The summed E-state index contributed by atoms with van der Waals surface area (Å²) in [7, 11) is 0. The minimum atomic E-state index is -4.65. The van der Waals surface area contributed by atoms with Crippen molar-refractivity contribution in [1.29, 1.82) is 0 Å². The fourth-order valence-corrected chi connectivity index (χ4v) is 8.26. The number of benzene rings is 7. The van der Waals surface area contributed by atoms with Crippen molar-refractivity contribution in [3.8, 4) is 33.4 Å². The summed E-state index contributed by atoms with van der Waals surface area (Å²) in [5.41, 5.74) is 6.26. The number of furan rings is 2. The van der Waals surface area contributed by atoms with Crippen LogP contribution in [0.15, 0.2) is 130 Å². The Bertz CT molecular complexity index is 2880. The highest BCUT2D eigenvalue weighted by Crippen LogP contribution is 2.51. The van der Waals surface area contributed by atoms with Crippen LogP contribution < -0.4 is 0 Å². The second kappa shape index (κ2) is 12.1. The molecule has 5 heteroatoms. The highest BCUT2D eigenvalue weighted by molar-refractivity contribution is 6.24. The van der Waals surface area contributed by atoms with Crippen molar-refractivity contribution in [2.24, 2.45) is 0 Å². The van der Waals surface area contributed by atoms with Crippen LogP contribution in [0.25, 0.3) is 87.6 Å². The van der Waals surface area contributed by atoms with E-state index in [-0.39, 0.29) is 22.6 Å². The molecule has 9 aromatic rings. The molecule has 0 saturated heterocycles. The molecule has 2 nitrogen and oxygen atoms in total. The fraction of sp³-hybridized carbons (Fsp3) is 0.167. The molecule has 7 aromatic carbocycles. The molecule has 0 radical (unpaired) electrons. The topological polar surface area (TPSA) is 26.3 Å². The molecular formula is C48H37F3O2. The molecule has 0 saturated carbocycles. The minimum Gasteiger partial charge on any atom is -0.460 e. The molecule has 0 aliphatic heterocycles. The third-order valence-electron chi connectivity index (χ3n) is 10.7. The second-order valence-corrected chi connectivity index (χ2v) is 14.8. The smallest absolute Gasteiger partial charge is 0.420 e. The zero-order chi connectivity index (χ0) is 36.8. The Morgan fingerprint density at radius 3 is 1.68 bits per heavy atom. The van der Waals surface area contributed by atoms with Crippen LogP contribution in [-0.4, -0.2) is 0 Å². The number of hydrogen-bond acceptors (Lipinski definition) is 2. The third kappa shape index (κ3) is 5.24. The number of fused-ring (bicyclic) bond motifs is 7. The summed E-state index contributed by atoms with van der Waals surface area (Å²) >= 11 is 0. The van der Waals surface area contributed by atoms with Gasteiger partial charge in [0.2, 0.25) is 0 Å². The first kappa shape index (κ1) is 33.1.